The highest BCUT2D eigenvalue weighted by Gasteiger charge is 2.34. The molecule has 1 fully saturated rings. The van der Waals surface area contributed by atoms with Crippen molar-refractivity contribution in [3.63, 3.8) is 0 Å². The molecule has 3 rings (SSSR count). The predicted molar refractivity (Wildman–Crippen MR) is 111 cm³/mol. The number of esters is 1. The second kappa shape index (κ2) is 9.93. The molecule has 2 aromatic carbocycles. The molecule has 1 unspecified atom stereocenters. The average molecular weight is 429 g/mol. The first-order valence-corrected chi connectivity index (χ1v) is 9.70. The number of rotatable bonds is 5. The van der Waals surface area contributed by atoms with Crippen LogP contribution >= 0.6 is 12.2 Å². The predicted octanol–water partition coefficient (Wildman–Crippen LogP) is 1.77. The molecule has 1 saturated heterocycles. The molecule has 0 radical (unpaired) electrons. The first-order valence-electron chi connectivity index (χ1n) is 9.29. The fourth-order valence-corrected chi connectivity index (χ4v) is 3.31. The Kier molecular flexibility index (Phi) is 7.08. The summed E-state index contributed by atoms with van der Waals surface area (Å²) >= 11 is 5.26. The minimum Gasteiger partial charge on any atom is -0.461 e. The van der Waals surface area contributed by atoms with E-state index in [1.807, 2.05) is 30.3 Å². The zero-order valence-corrected chi connectivity index (χ0v) is 16.8. The molecule has 2 N–H and O–H groups in total. The molecule has 1 aliphatic rings. The van der Waals surface area contributed by atoms with Gasteiger partial charge < -0.3 is 15.0 Å². The van der Waals surface area contributed by atoms with Gasteiger partial charge in [-0.25, -0.2) is 4.39 Å². The number of piperazine rings is 1. The number of hydrogen-bond donors (Lipinski definition) is 2. The number of thiocarbonyl (C=S) groups is 1. The number of halogens is 1. The van der Waals surface area contributed by atoms with Crippen molar-refractivity contribution in [1.82, 2.24) is 15.5 Å². The molecular formula is C21H20FN3O4S. The molecule has 0 aromatic heterocycles. The molecule has 30 heavy (non-hydrogen) atoms. The third-order valence-corrected chi connectivity index (χ3v) is 4.87. The van der Waals surface area contributed by atoms with Crippen molar-refractivity contribution in [2.75, 3.05) is 13.1 Å². The summed E-state index contributed by atoms with van der Waals surface area (Å²) in [5.41, 5.74) is 0.656. The van der Waals surface area contributed by atoms with Crippen LogP contribution in [0.5, 0.6) is 0 Å². The summed E-state index contributed by atoms with van der Waals surface area (Å²) in [6, 6.07) is 13.7. The van der Waals surface area contributed by atoms with Crippen LogP contribution in [0.15, 0.2) is 54.6 Å². The van der Waals surface area contributed by atoms with Gasteiger partial charge in [-0.05, 0) is 29.9 Å². The van der Waals surface area contributed by atoms with Crippen LogP contribution in [0.2, 0.25) is 0 Å². The van der Waals surface area contributed by atoms with E-state index in [1.54, 1.807) is 0 Å². The topological polar surface area (TPSA) is 87.7 Å². The van der Waals surface area contributed by atoms with Gasteiger partial charge in [-0.3, -0.25) is 19.7 Å². The summed E-state index contributed by atoms with van der Waals surface area (Å²) in [7, 11) is 0. The lowest BCUT2D eigenvalue weighted by atomic mass is 10.1. The van der Waals surface area contributed by atoms with Crippen molar-refractivity contribution >= 4 is 35.1 Å². The van der Waals surface area contributed by atoms with Gasteiger partial charge in [0.2, 0.25) is 5.91 Å². The van der Waals surface area contributed by atoms with E-state index in [0.717, 1.165) is 11.6 Å². The number of benzene rings is 2. The molecule has 7 nitrogen and oxygen atoms in total. The molecule has 1 atom stereocenters. The van der Waals surface area contributed by atoms with Gasteiger partial charge in [-0.15, -0.1) is 0 Å². The van der Waals surface area contributed by atoms with Crippen molar-refractivity contribution < 1.29 is 23.5 Å². The van der Waals surface area contributed by atoms with Crippen LogP contribution in [0, 0.1) is 5.82 Å². The largest absolute Gasteiger partial charge is 0.461 e. The maximum absolute atomic E-state index is 13.8. The zero-order valence-electron chi connectivity index (χ0n) is 16.0. The molecule has 2 aromatic rings. The van der Waals surface area contributed by atoms with Crippen molar-refractivity contribution in [1.29, 1.82) is 0 Å². The van der Waals surface area contributed by atoms with Crippen LogP contribution in [-0.4, -0.2) is 46.9 Å². The Morgan fingerprint density at radius 2 is 1.87 bits per heavy atom. The second-order valence-corrected chi connectivity index (χ2v) is 6.98. The molecule has 0 saturated carbocycles. The number of amides is 2. The van der Waals surface area contributed by atoms with E-state index < -0.39 is 29.6 Å². The Morgan fingerprint density at radius 3 is 2.60 bits per heavy atom. The van der Waals surface area contributed by atoms with E-state index in [4.69, 9.17) is 17.0 Å². The molecule has 1 heterocycles. The summed E-state index contributed by atoms with van der Waals surface area (Å²) in [5.74, 6) is -2.39. The number of carbonyl (C=O) groups is 3. The van der Waals surface area contributed by atoms with E-state index in [0.29, 0.717) is 13.1 Å². The molecule has 9 heteroatoms. The minimum absolute atomic E-state index is 0.0565. The van der Waals surface area contributed by atoms with E-state index in [1.165, 1.54) is 23.1 Å². The van der Waals surface area contributed by atoms with Gasteiger partial charge in [0, 0.05) is 13.1 Å². The molecule has 156 valence electrons. The van der Waals surface area contributed by atoms with Crippen molar-refractivity contribution in [2.24, 2.45) is 0 Å². The minimum atomic E-state index is -0.935. The molecule has 2 amide bonds. The Bertz CT molecular complexity index is 954. The van der Waals surface area contributed by atoms with Gasteiger partial charge in [0.05, 0.1) is 12.0 Å². The molecule has 0 aliphatic carbocycles. The average Bonchev–Trinajstić information content (AvgIpc) is 2.74. The van der Waals surface area contributed by atoms with Gasteiger partial charge in [0.1, 0.15) is 18.5 Å². The highest BCUT2D eigenvalue weighted by atomic mass is 32.1. The number of ether oxygens (including phenoxy) is 1. The van der Waals surface area contributed by atoms with E-state index in [2.05, 4.69) is 10.6 Å². The first kappa shape index (κ1) is 21.4. The standard InChI is InChI=1S/C21H20FN3O4S/c22-16-9-5-4-8-15(16)19(27)24-21(30)25-11-10-23-20(28)17(25)12-18(26)29-13-14-6-2-1-3-7-14/h1-9,17H,10-13H2,(H,23,28)(H,24,27,30). The fourth-order valence-electron chi connectivity index (χ4n) is 3.00. The third kappa shape index (κ3) is 5.38. The van der Waals surface area contributed by atoms with Crippen LogP contribution in [0.1, 0.15) is 22.3 Å². The lowest BCUT2D eigenvalue weighted by Crippen LogP contribution is -2.60. The summed E-state index contributed by atoms with van der Waals surface area (Å²) in [4.78, 5) is 38.4. The lowest BCUT2D eigenvalue weighted by molar-refractivity contribution is -0.148. The number of carbonyl (C=O) groups excluding carboxylic acids is 3. The van der Waals surface area contributed by atoms with Crippen molar-refractivity contribution in [3.8, 4) is 0 Å². The zero-order chi connectivity index (χ0) is 21.5. The maximum Gasteiger partial charge on any atom is 0.308 e. The number of hydrogen-bond acceptors (Lipinski definition) is 5. The fraction of sp³-hybridized carbons (Fsp3) is 0.238. The smallest absolute Gasteiger partial charge is 0.308 e. The van der Waals surface area contributed by atoms with Gasteiger partial charge in [0.25, 0.3) is 5.91 Å². The van der Waals surface area contributed by atoms with Crippen LogP contribution in [0.4, 0.5) is 4.39 Å². The summed E-state index contributed by atoms with van der Waals surface area (Å²) in [6.07, 6.45) is -0.242. The van der Waals surface area contributed by atoms with E-state index in [-0.39, 0.29) is 23.7 Å². The Hall–Kier alpha value is -3.33. The van der Waals surface area contributed by atoms with E-state index in [9.17, 15) is 18.8 Å². The first-order chi connectivity index (χ1) is 14.5. The SMILES string of the molecule is O=C(CC1C(=O)NCCN1C(=S)NC(=O)c1ccccc1F)OCc1ccccc1. The summed E-state index contributed by atoms with van der Waals surface area (Å²) in [5, 5.41) is 5.05. The van der Waals surface area contributed by atoms with E-state index >= 15 is 0 Å². The normalized spacial score (nSPS) is 15.8. The maximum atomic E-state index is 13.8. The molecule has 0 spiro atoms. The second-order valence-electron chi connectivity index (χ2n) is 6.59. The highest BCUT2D eigenvalue weighted by molar-refractivity contribution is 7.80. The van der Waals surface area contributed by atoms with Crippen LogP contribution in [-0.2, 0) is 20.9 Å². The summed E-state index contributed by atoms with van der Waals surface area (Å²) in [6.45, 7) is 0.672. The number of nitrogens with one attached hydrogen (secondary N) is 2. The van der Waals surface area contributed by atoms with Gasteiger partial charge >= 0.3 is 5.97 Å². The molecule has 0 bridgehead atoms. The highest BCUT2D eigenvalue weighted by Crippen LogP contribution is 2.13. The molecule has 1 aliphatic heterocycles. The Labute approximate surface area is 178 Å². The molecular weight excluding hydrogens is 409 g/mol. The third-order valence-electron chi connectivity index (χ3n) is 4.53. The Morgan fingerprint density at radius 1 is 1.17 bits per heavy atom. The van der Waals surface area contributed by atoms with Crippen LogP contribution in [0.3, 0.4) is 0 Å². The van der Waals surface area contributed by atoms with Crippen molar-refractivity contribution in [3.05, 3.63) is 71.5 Å². The number of nitrogens with zero attached hydrogens (tertiary/aromatic N) is 1. The van der Waals surface area contributed by atoms with Crippen LogP contribution < -0.4 is 10.6 Å². The lowest BCUT2D eigenvalue weighted by Gasteiger charge is -2.36. The summed E-state index contributed by atoms with van der Waals surface area (Å²) < 4.78 is 19.1. The monoisotopic (exact) mass is 429 g/mol. The van der Waals surface area contributed by atoms with Crippen LogP contribution in [0.25, 0.3) is 0 Å². The quantitative estimate of drug-likeness (QED) is 0.557. The van der Waals surface area contributed by atoms with Gasteiger partial charge in [-0.2, -0.15) is 0 Å². The van der Waals surface area contributed by atoms with Gasteiger partial charge in [0.15, 0.2) is 5.11 Å². The Balaban J connectivity index is 1.62. The van der Waals surface area contributed by atoms with Gasteiger partial charge in [-0.1, -0.05) is 42.5 Å². The van der Waals surface area contributed by atoms with Crippen molar-refractivity contribution in [2.45, 2.75) is 19.1 Å².